The molecule has 0 spiro atoms. The molecule has 0 saturated carbocycles. The van der Waals surface area contributed by atoms with Gasteiger partial charge in [0, 0.05) is 11.3 Å². The van der Waals surface area contributed by atoms with Crippen LogP contribution in [0.15, 0.2) is 72.8 Å². The summed E-state index contributed by atoms with van der Waals surface area (Å²) in [6.45, 7) is 2.90. The quantitative estimate of drug-likeness (QED) is 0.186. The summed E-state index contributed by atoms with van der Waals surface area (Å²) in [7, 11) is 0. The fourth-order valence-electron chi connectivity index (χ4n) is 3.12. The van der Waals surface area contributed by atoms with E-state index in [2.05, 4.69) is 5.32 Å². The minimum Gasteiger partial charge on any atom is -0.490 e. The van der Waals surface area contributed by atoms with E-state index in [4.69, 9.17) is 25.4 Å². The third-order valence-electron chi connectivity index (χ3n) is 4.71. The summed E-state index contributed by atoms with van der Waals surface area (Å²) in [5, 5.41) is 20.3. The molecule has 0 saturated heterocycles. The van der Waals surface area contributed by atoms with E-state index in [0.29, 0.717) is 48.1 Å². The maximum Gasteiger partial charge on any atom is 0.330 e. The average Bonchev–Trinajstić information content (AvgIpc) is 2.82. The number of amidine groups is 1. The normalized spacial score (nSPS) is 11.3. The number of ether oxygens (including phenoxy) is 3. The van der Waals surface area contributed by atoms with E-state index < -0.39 is 12.0 Å². The summed E-state index contributed by atoms with van der Waals surface area (Å²) >= 11 is 0. The summed E-state index contributed by atoms with van der Waals surface area (Å²) in [5.74, 6) is 0.621. The number of nitrogens with one attached hydrogen (secondary N) is 2. The topological polar surface area (TPSA) is 127 Å². The largest absolute Gasteiger partial charge is 0.490 e. The standard InChI is InChI=1S/C25H27N3O5/c1-2-31-22-16-18(10-13-21(22)33-15-14-32-20-6-4-3-5-7-20)23(25(29)30)28-19-11-8-17(9-12-19)24(26)27/h3-13,16,23,28H,2,14-15H2,1H3,(H3,26,27)(H,29,30)/t23-/m1/s1. The highest BCUT2D eigenvalue weighted by atomic mass is 16.5. The van der Waals surface area contributed by atoms with Gasteiger partial charge in [-0.25, -0.2) is 4.79 Å². The Kier molecular flexibility index (Phi) is 8.13. The Morgan fingerprint density at radius 1 is 0.970 bits per heavy atom. The van der Waals surface area contributed by atoms with Crippen molar-refractivity contribution < 1.29 is 24.1 Å². The van der Waals surface area contributed by atoms with Crippen LogP contribution >= 0.6 is 0 Å². The fraction of sp³-hybridized carbons (Fsp3) is 0.200. The minimum atomic E-state index is -1.04. The highest BCUT2D eigenvalue weighted by Crippen LogP contribution is 2.32. The Bertz CT molecular complexity index is 1070. The van der Waals surface area contributed by atoms with Crippen LogP contribution in [0, 0.1) is 5.41 Å². The molecule has 0 radical (unpaired) electrons. The Morgan fingerprint density at radius 2 is 1.67 bits per heavy atom. The monoisotopic (exact) mass is 449 g/mol. The molecule has 3 aromatic rings. The maximum absolute atomic E-state index is 12.0. The fourth-order valence-corrected chi connectivity index (χ4v) is 3.12. The summed E-state index contributed by atoms with van der Waals surface area (Å²) < 4.78 is 17.1. The van der Waals surface area contributed by atoms with Crippen molar-refractivity contribution in [2.24, 2.45) is 5.73 Å². The molecule has 0 unspecified atom stereocenters. The van der Waals surface area contributed by atoms with Crippen LogP contribution < -0.4 is 25.3 Å². The lowest BCUT2D eigenvalue weighted by atomic mass is 10.1. The summed E-state index contributed by atoms with van der Waals surface area (Å²) in [4.78, 5) is 12.0. The van der Waals surface area contributed by atoms with Crippen molar-refractivity contribution >= 4 is 17.5 Å². The molecule has 0 bridgehead atoms. The highest BCUT2D eigenvalue weighted by molar-refractivity contribution is 5.95. The number of carbonyl (C=O) groups is 1. The summed E-state index contributed by atoms with van der Waals surface area (Å²) in [6, 6.07) is 20.1. The summed E-state index contributed by atoms with van der Waals surface area (Å²) in [5.41, 5.74) is 7.13. The second-order valence-corrected chi connectivity index (χ2v) is 7.06. The Labute approximate surface area is 192 Å². The van der Waals surface area contributed by atoms with E-state index in [-0.39, 0.29) is 5.84 Å². The number of hydrogen-bond donors (Lipinski definition) is 4. The molecule has 8 nitrogen and oxygen atoms in total. The van der Waals surface area contributed by atoms with E-state index in [0.717, 1.165) is 5.75 Å². The first-order valence-corrected chi connectivity index (χ1v) is 10.5. The molecule has 0 aliphatic heterocycles. The predicted octanol–water partition coefficient (Wildman–Crippen LogP) is 4.06. The molecule has 3 aromatic carbocycles. The number of aliphatic carboxylic acids is 1. The molecule has 172 valence electrons. The van der Waals surface area contributed by atoms with Crippen LogP contribution in [0.5, 0.6) is 17.2 Å². The van der Waals surface area contributed by atoms with Crippen molar-refractivity contribution in [2.45, 2.75) is 13.0 Å². The summed E-state index contributed by atoms with van der Waals surface area (Å²) in [6.07, 6.45) is 0. The Balaban J connectivity index is 1.70. The third kappa shape index (κ3) is 6.64. The number of nitrogen functional groups attached to an aromatic ring is 1. The van der Waals surface area contributed by atoms with Gasteiger partial charge < -0.3 is 30.4 Å². The van der Waals surface area contributed by atoms with E-state index in [1.807, 2.05) is 37.3 Å². The number of nitrogens with two attached hydrogens (primary N) is 1. The second-order valence-electron chi connectivity index (χ2n) is 7.06. The van der Waals surface area contributed by atoms with E-state index >= 15 is 0 Å². The molecule has 0 aliphatic carbocycles. The predicted molar refractivity (Wildman–Crippen MR) is 127 cm³/mol. The van der Waals surface area contributed by atoms with Crippen molar-refractivity contribution in [1.82, 2.24) is 0 Å². The Morgan fingerprint density at radius 3 is 2.30 bits per heavy atom. The molecule has 0 fully saturated rings. The molecule has 0 amide bonds. The van der Waals surface area contributed by atoms with Crippen molar-refractivity contribution in [3.8, 4) is 17.2 Å². The number of para-hydroxylation sites is 1. The number of carboxylic acids is 1. The van der Waals surface area contributed by atoms with Crippen LogP contribution in [0.4, 0.5) is 5.69 Å². The molecule has 1 atom stereocenters. The maximum atomic E-state index is 12.0. The Hall–Kier alpha value is -4.20. The van der Waals surface area contributed by atoms with Gasteiger partial charge in [-0.1, -0.05) is 24.3 Å². The van der Waals surface area contributed by atoms with Gasteiger partial charge in [-0.05, 0) is 61.0 Å². The van der Waals surface area contributed by atoms with Gasteiger partial charge >= 0.3 is 5.97 Å². The van der Waals surface area contributed by atoms with E-state index in [1.54, 1.807) is 42.5 Å². The van der Waals surface area contributed by atoms with Crippen molar-refractivity contribution in [1.29, 1.82) is 5.41 Å². The van der Waals surface area contributed by atoms with Gasteiger partial charge in [-0.2, -0.15) is 0 Å². The number of hydrogen-bond acceptors (Lipinski definition) is 6. The van der Waals surface area contributed by atoms with Crippen LogP contribution in [-0.4, -0.2) is 36.7 Å². The lowest BCUT2D eigenvalue weighted by Gasteiger charge is -2.19. The van der Waals surface area contributed by atoms with E-state index in [1.165, 1.54) is 0 Å². The lowest BCUT2D eigenvalue weighted by molar-refractivity contribution is -0.138. The van der Waals surface area contributed by atoms with Gasteiger partial charge in [0.25, 0.3) is 0 Å². The van der Waals surface area contributed by atoms with Gasteiger partial charge in [-0.15, -0.1) is 0 Å². The molecule has 5 N–H and O–H groups in total. The second kappa shape index (κ2) is 11.4. The van der Waals surface area contributed by atoms with Gasteiger partial charge in [0.1, 0.15) is 24.8 Å². The van der Waals surface area contributed by atoms with Crippen LogP contribution in [0.25, 0.3) is 0 Å². The minimum absolute atomic E-state index is 0.0533. The van der Waals surface area contributed by atoms with E-state index in [9.17, 15) is 9.90 Å². The molecule has 8 heteroatoms. The van der Waals surface area contributed by atoms with Crippen molar-refractivity contribution in [3.05, 3.63) is 83.9 Å². The van der Waals surface area contributed by atoms with Gasteiger partial charge in [0.2, 0.25) is 0 Å². The zero-order chi connectivity index (χ0) is 23.6. The molecule has 0 aromatic heterocycles. The molecule has 0 aliphatic rings. The number of benzene rings is 3. The van der Waals surface area contributed by atoms with Gasteiger partial charge in [0.05, 0.1) is 6.61 Å². The van der Waals surface area contributed by atoms with Crippen molar-refractivity contribution in [3.63, 3.8) is 0 Å². The van der Waals surface area contributed by atoms with Crippen LogP contribution in [0.1, 0.15) is 24.1 Å². The smallest absolute Gasteiger partial charge is 0.330 e. The first-order chi connectivity index (χ1) is 16.0. The zero-order valence-electron chi connectivity index (χ0n) is 18.3. The van der Waals surface area contributed by atoms with Gasteiger partial charge in [-0.3, -0.25) is 5.41 Å². The van der Waals surface area contributed by atoms with Crippen LogP contribution in [0.2, 0.25) is 0 Å². The number of carboxylic acid groups (broad SMARTS) is 1. The first-order valence-electron chi connectivity index (χ1n) is 10.5. The average molecular weight is 450 g/mol. The first kappa shape index (κ1) is 23.5. The van der Waals surface area contributed by atoms with Crippen LogP contribution in [0.3, 0.4) is 0 Å². The molecule has 33 heavy (non-hydrogen) atoms. The number of anilines is 1. The third-order valence-corrected chi connectivity index (χ3v) is 4.71. The van der Waals surface area contributed by atoms with Crippen molar-refractivity contribution in [2.75, 3.05) is 25.1 Å². The highest BCUT2D eigenvalue weighted by Gasteiger charge is 2.22. The SMILES string of the molecule is CCOc1cc([C@@H](Nc2ccc(C(=N)N)cc2)C(=O)O)ccc1OCCOc1ccccc1. The molecule has 0 heterocycles. The molecular formula is C25H27N3O5. The zero-order valence-corrected chi connectivity index (χ0v) is 18.3. The number of rotatable bonds is 12. The molecular weight excluding hydrogens is 422 g/mol. The van der Waals surface area contributed by atoms with Gasteiger partial charge in [0.15, 0.2) is 17.5 Å². The molecule has 3 rings (SSSR count). The lowest BCUT2D eigenvalue weighted by Crippen LogP contribution is -2.21. The van der Waals surface area contributed by atoms with Crippen LogP contribution in [-0.2, 0) is 4.79 Å².